The highest BCUT2D eigenvalue weighted by atomic mass is 79.9. The van der Waals surface area contributed by atoms with Crippen LogP contribution in [0.15, 0.2) is 211 Å². The van der Waals surface area contributed by atoms with Crippen LogP contribution in [0.1, 0.15) is 164 Å². The highest BCUT2D eigenvalue weighted by molar-refractivity contribution is 9.10. The SMILES string of the molecule is C#Cc1ccc(-n2c3ccc(C(C)(C)C)cc3c3cc(C(C)(C)C)ccc32)cc1.CC(C)(C)c1ccc2[nH]c3ccc(C(C)(C)C)cc3c2c1.CC(C)(C)c1ccc2c(c1)c1cc(C(C)(C)C)ccc1n2-c1ccc(Br)cc1.c1ccc2c(c1)[nH]c1ccccc12. The van der Waals surface area contributed by atoms with Crippen molar-refractivity contribution in [1.29, 1.82) is 0 Å². The molecular formula is C86H91BrN4. The lowest BCUT2D eigenvalue weighted by Gasteiger charge is -2.19. The van der Waals surface area contributed by atoms with Gasteiger partial charge in [-0.3, -0.25) is 0 Å². The number of nitrogens with zero attached hydrogens (tertiary/aromatic N) is 2. The second kappa shape index (κ2) is 23.9. The molecule has 4 aromatic heterocycles. The normalized spacial score (nSPS) is 12.5. The quantitative estimate of drug-likeness (QED) is 0.162. The molecule has 0 unspecified atom stereocenters. The van der Waals surface area contributed by atoms with Crippen molar-refractivity contribution in [2.45, 2.75) is 157 Å². The minimum Gasteiger partial charge on any atom is -0.355 e. The summed E-state index contributed by atoms with van der Waals surface area (Å²) in [5.41, 5.74) is 22.1. The first-order valence-corrected chi connectivity index (χ1v) is 33.1. The molecule has 0 atom stereocenters. The van der Waals surface area contributed by atoms with E-state index in [1.54, 1.807) is 0 Å². The van der Waals surface area contributed by atoms with Gasteiger partial charge < -0.3 is 19.1 Å². The zero-order valence-electron chi connectivity index (χ0n) is 57.0. The van der Waals surface area contributed by atoms with Crippen LogP contribution in [0, 0.1) is 12.3 Å². The Balaban J connectivity index is 0.000000129. The summed E-state index contributed by atoms with van der Waals surface area (Å²) in [5, 5.41) is 10.6. The predicted molar refractivity (Wildman–Crippen MR) is 401 cm³/mol. The molecule has 2 N–H and O–H groups in total. The minimum atomic E-state index is 0.110. The fourth-order valence-electron chi connectivity index (χ4n) is 12.4. The van der Waals surface area contributed by atoms with Gasteiger partial charge in [-0.15, -0.1) is 6.42 Å². The first-order valence-electron chi connectivity index (χ1n) is 32.3. The number of terminal acetylenes is 1. The Morgan fingerprint density at radius 1 is 0.286 bits per heavy atom. The summed E-state index contributed by atoms with van der Waals surface area (Å²) in [7, 11) is 0. The molecular weight excluding hydrogens is 1170 g/mol. The van der Waals surface area contributed by atoms with Gasteiger partial charge in [-0.1, -0.05) is 219 Å². The molecule has 0 aliphatic heterocycles. The molecule has 14 rings (SSSR count). The van der Waals surface area contributed by atoms with Crippen LogP contribution in [-0.4, -0.2) is 19.1 Å². The number of aromatic amines is 2. The maximum absolute atomic E-state index is 5.56. The van der Waals surface area contributed by atoms with Crippen LogP contribution >= 0.6 is 15.9 Å². The molecule has 91 heavy (non-hydrogen) atoms. The summed E-state index contributed by atoms with van der Waals surface area (Å²) < 4.78 is 5.84. The number of nitrogens with one attached hydrogen (secondary N) is 2. The van der Waals surface area contributed by atoms with Gasteiger partial charge in [0.1, 0.15) is 0 Å². The Morgan fingerprint density at radius 3 is 0.824 bits per heavy atom. The molecule has 10 aromatic carbocycles. The van der Waals surface area contributed by atoms with Gasteiger partial charge in [-0.2, -0.15) is 0 Å². The summed E-state index contributed by atoms with van der Waals surface area (Å²) >= 11 is 3.56. The lowest BCUT2D eigenvalue weighted by Crippen LogP contribution is -2.10. The second-order valence-corrected chi connectivity index (χ2v) is 32.0. The topological polar surface area (TPSA) is 41.4 Å². The summed E-state index contributed by atoms with van der Waals surface area (Å²) in [6.07, 6.45) is 5.56. The van der Waals surface area contributed by atoms with Crippen molar-refractivity contribution >= 4 is 103 Å². The van der Waals surface area contributed by atoms with E-state index in [0.717, 1.165) is 15.7 Å². The lowest BCUT2D eigenvalue weighted by atomic mass is 9.85. The van der Waals surface area contributed by atoms with Gasteiger partial charge in [0.25, 0.3) is 0 Å². The first kappa shape index (κ1) is 64.0. The van der Waals surface area contributed by atoms with Crippen molar-refractivity contribution < 1.29 is 0 Å². The maximum atomic E-state index is 5.56. The number of halogens is 1. The molecule has 462 valence electrons. The number of para-hydroxylation sites is 2. The van der Waals surface area contributed by atoms with Gasteiger partial charge in [0.05, 0.1) is 22.1 Å². The minimum absolute atomic E-state index is 0.110. The van der Waals surface area contributed by atoms with Crippen molar-refractivity contribution in [1.82, 2.24) is 19.1 Å². The van der Waals surface area contributed by atoms with Gasteiger partial charge in [0.2, 0.25) is 0 Å². The fourth-order valence-corrected chi connectivity index (χ4v) is 12.7. The number of hydrogen-bond acceptors (Lipinski definition) is 0. The predicted octanol–water partition coefficient (Wildman–Crippen LogP) is 24.7. The largest absolute Gasteiger partial charge is 0.355 e. The van der Waals surface area contributed by atoms with Crippen LogP contribution in [0.2, 0.25) is 0 Å². The number of H-pyrrole nitrogens is 2. The maximum Gasteiger partial charge on any atom is 0.0541 e. The monoisotopic (exact) mass is 1260 g/mol. The average molecular weight is 1260 g/mol. The molecule has 0 radical (unpaired) electrons. The number of fused-ring (bicyclic) bond motifs is 12. The fraction of sp³-hybridized carbons (Fsp3) is 0.279. The van der Waals surface area contributed by atoms with E-state index in [4.69, 9.17) is 6.42 Å². The van der Waals surface area contributed by atoms with Crippen molar-refractivity contribution in [2.75, 3.05) is 0 Å². The molecule has 0 saturated heterocycles. The molecule has 0 bridgehead atoms. The highest BCUT2D eigenvalue weighted by Crippen LogP contribution is 2.41. The zero-order chi connectivity index (χ0) is 65.3. The second-order valence-electron chi connectivity index (χ2n) is 31.1. The summed E-state index contributed by atoms with van der Waals surface area (Å²) in [4.78, 5) is 6.91. The van der Waals surface area contributed by atoms with Crippen LogP contribution in [0.3, 0.4) is 0 Å². The first-order chi connectivity index (χ1) is 42.8. The van der Waals surface area contributed by atoms with E-state index >= 15 is 0 Å². The molecule has 0 aliphatic carbocycles. The molecule has 4 heterocycles. The molecule has 5 heteroatoms. The molecule has 4 nitrogen and oxygen atoms in total. The van der Waals surface area contributed by atoms with Gasteiger partial charge in [-0.25, -0.2) is 0 Å². The number of hydrogen-bond donors (Lipinski definition) is 2. The standard InChI is InChI=1S/C28H29N.C26H28BrN.C20H25N.C12H9N/c1-8-19-9-13-22(14-10-19)29-25-15-11-20(27(2,3)4)17-23(25)24-18-21(28(5,6)7)12-16-26(24)29;1-25(2,3)17-7-13-23-21(15-17)22-16-18(26(4,5)6)8-14-24(22)28(23)20-11-9-19(27)10-12-20;1-19(2,3)13-7-9-17-15(11-13)16-12-14(20(4,5)6)8-10-18(16)21-17;1-3-7-11-9(5-1)10-6-2-4-8-12(10)13-11/h1,9-18H,2-7H3;7-16H,1-6H3;7-12,21H,1-6H3;1-8,13H. The average Bonchev–Trinajstić information content (AvgIpc) is 1.60. The van der Waals surface area contributed by atoms with E-state index in [-0.39, 0.29) is 32.5 Å². The lowest BCUT2D eigenvalue weighted by molar-refractivity contribution is 0.590. The van der Waals surface area contributed by atoms with Crippen molar-refractivity contribution in [3.63, 3.8) is 0 Å². The molecule has 0 spiro atoms. The molecule has 14 aromatic rings. The van der Waals surface area contributed by atoms with Crippen LogP contribution < -0.4 is 0 Å². The third kappa shape index (κ3) is 13.2. The Labute approximate surface area is 549 Å². The van der Waals surface area contributed by atoms with Crippen LogP contribution in [0.5, 0.6) is 0 Å². The van der Waals surface area contributed by atoms with E-state index in [1.165, 1.54) is 126 Å². The Morgan fingerprint density at radius 2 is 0.538 bits per heavy atom. The van der Waals surface area contributed by atoms with Crippen LogP contribution in [-0.2, 0) is 32.5 Å². The van der Waals surface area contributed by atoms with E-state index in [0.29, 0.717) is 0 Å². The number of rotatable bonds is 2. The molecule has 0 saturated carbocycles. The molecule has 0 fully saturated rings. The summed E-state index contributed by atoms with van der Waals surface area (Å²) in [6.45, 7) is 40.9. The molecule has 0 amide bonds. The smallest absolute Gasteiger partial charge is 0.0541 e. The molecule has 0 aliphatic rings. The summed E-state index contributed by atoms with van der Waals surface area (Å²) in [5.74, 6) is 2.71. The van der Waals surface area contributed by atoms with E-state index < -0.39 is 0 Å². The van der Waals surface area contributed by atoms with Crippen molar-refractivity contribution in [3.8, 4) is 23.7 Å². The van der Waals surface area contributed by atoms with E-state index in [9.17, 15) is 0 Å². The van der Waals surface area contributed by atoms with Gasteiger partial charge in [0, 0.05) is 86.6 Å². The van der Waals surface area contributed by atoms with E-state index in [2.05, 4.69) is 360 Å². The third-order valence-electron chi connectivity index (χ3n) is 18.1. The highest BCUT2D eigenvalue weighted by Gasteiger charge is 2.24. The van der Waals surface area contributed by atoms with Crippen molar-refractivity contribution in [3.05, 3.63) is 250 Å². The number of aromatic nitrogens is 4. The Kier molecular flexibility index (Phi) is 16.8. The van der Waals surface area contributed by atoms with E-state index in [1.807, 2.05) is 12.1 Å². The Hall–Kier alpha value is -8.56. The van der Waals surface area contributed by atoms with Crippen LogP contribution in [0.4, 0.5) is 0 Å². The van der Waals surface area contributed by atoms with Gasteiger partial charge >= 0.3 is 0 Å². The van der Waals surface area contributed by atoms with Crippen molar-refractivity contribution in [2.24, 2.45) is 0 Å². The summed E-state index contributed by atoms with van der Waals surface area (Å²) in [6, 6.07) is 74.9. The Bertz CT molecular complexity index is 4780. The zero-order valence-corrected chi connectivity index (χ0v) is 58.6. The van der Waals surface area contributed by atoms with Crippen LogP contribution in [0.25, 0.3) is 98.6 Å². The third-order valence-corrected chi connectivity index (χ3v) is 18.6. The van der Waals surface area contributed by atoms with Gasteiger partial charge in [0.15, 0.2) is 0 Å². The number of benzene rings is 10. The van der Waals surface area contributed by atoms with Gasteiger partial charge in [-0.05, 0) is 199 Å².